The highest BCUT2D eigenvalue weighted by atomic mass is 16.5. The van der Waals surface area contributed by atoms with E-state index in [1.54, 1.807) is 6.92 Å². The average Bonchev–Trinajstić information content (AvgIpc) is 2.84. The monoisotopic (exact) mass is 205 g/mol. The van der Waals surface area contributed by atoms with E-state index >= 15 is 0 Å². The first-order valence-electron chi connectivity index (χ1n) is 4.58. The van der Waals surface area contributed by atoms with Gasteiger partial charge in [-0.1, -0.05) is 5.16 Å². The molecule has 0 radical (unpaired) electrons. The molecule has 0 unspecified atom stereocenters. The highest BCUT2D eigenvalue weighted by Gasteiger charge is 2.11. The molecular formula is C10H11N3O2. The molecule has 5 heteroatoms. The molecule has 0 aliphatic rings. The van der Waals surface area contributed by atoms with Crippen LogP contribution < -0.4 is 5.32 Å². The van der Waals surface area contributed by atoms with Crippen LogP contribution in [0.5, 0.6) is 0 Å². The van der Waals surface area contributed by atoms with Gasteiger partial charge >= 0.3 is 0 Å². The molecule has 0 spiro atoms. The summed E-state index contributed by atoms with van der Waals surface area (Å²) >= 11 is 0. The Morgan fingerprint density at radius 1 is 1.67 bits per heavy atom. The van der Waals surface area contributed by atoms with Crippen molar-refractivity contribution in [3.05, 3.63) is 41.5 Å². The number of aromatic nitrogens is 2. The molecule has 0 aliphatic heterocycles. The lowest BCUT2D eigenvalue weighted by molar-refractivity contribution is 0.0949. The number of rotatable bonds is 3. The summed E-state index contributed by atoms with van der Waals surface area (Å²) in [6, 6.07) is 1.90. The Labute approximate surface area is 86.5 Å². The van der Waals surface area contributed by atoms with Crippen LogP contribution in [0.3, 0.4) is 0 Å². The maximum atomic E-state index is 11.6. The highest BCUT2D eigenvalue weighted by Crippen LogP contribution is 2.05. The molecule has 2 heterocycles. The van der Waals surface area contributed by atoms with Gasteiger partial charge < -0.3 is 14.8 Å². The van der Waals surface area contributed by atoms with E-state index in [2.05, 4.69) is 15.5 Å². The van der Waals surface area contributed by atoms with Crippen molar-refractivity contribution in [2.45, 2.75) is 13.5 Å². The van der Waals surface area contributed by atoms with Gasteiger partial charge in [-0.05, 0) is 18.6 Å². The van der Waals surface area contributed by atoms with E-state index in [1.807, 2.05) is 18.5 Å². The minimum absolute atomic E-state index is 0.171. The third kappa shape index (κ3) is 2.07. The predicted molar refractivity (Wildman–Crippen MR) is 53.2 cm³/mol. The molecule has 0 atom stereocenters. The first kappa shape index (κ1) is 9.51. The molecule has 15 heavy (non-hydrogen) atoms. The van der Waals surface area contributed by atoms with Crippen LogP contribution in [0, 0.1) is 6.92 Å². The second-order valence-electron chi connectivity index (χ2n) is 3.20. The molecule has 2 N–H and O–H groups in total. The zero-order chi connectivity index (χ0) is 10.7. The van der Waals surface area contributed by atoms with E-state index in [9.17, 15) is 4.79 Å². The average molecular weight is 205 g/mol. The van der Waals surface area contributed by atoms with Crippen molar-refractivity contribution < 1.29 is 9.32 Å². The van der Waals surface area contributed by atoms with Crippen LogP contribution in [0.2, 0.25) is 0 Å². The lowest BCUT2D eigenvalue weighted by atomic mass is 10.2. The molecule has 0 saturated carbocycles. The summed E-state index contributed by atoms with van der Waals surface area (Å²) in [5.41, 5.74) is 1.50. The molecule has 0 fully saturated rings. The van der Waals surface area contributed by atoms with Gasteiger partial charge in [0.25, 0.3) is 5.91 Å². The van der Waals surface area contributed by atoms with Gasteiger partial charge in [0.1, 0.15) is 11.3 Å². The van der Waals surface area contributed by atoms with Gasteiger partial charge in [-0.15, -0.1) is 0 Å². The maximum Gasteiger partial charge on any atom is 0.256 e. The Morgan fingerprint density at radius 3 is 3.13 bits per heavy atom. The molecule has 0 saturated heterocycles. The fourth-order valence-corrected chi connectivity index (χ4v) is 1.26. The molecule has 0 bridgehead atoms. The number of H-pyrrole nitrogens is 1. The number of hydrogen-bond acceptors (Lipinski definition) is 3. The van der Waals surface area contributed by atoms with Crippen LogP contribution in [-0.4, -0.2) is 16.0 Å². The molecular weight excluding hydrogens is 194 g/mol. The van der Waals surface area contributed by atoms with Gasteiger partial charge in [-0.25, -0.2) is 0 Å². The van der Waals surface area contributed by atoms with Crippen LogP contribution >= 0.6 is 0 Å². The molecule has 0 aliphatic carbocycles. The summed E-state index contributed by atoms with van der Waals surface area (Å²) in [6.07, 6.45) is 5.06. The van der Waals surface area contributed by atoms with E-state index in [-0.39, 0.29) is 5.91 Å². The zero-order valence-corrected chi connectivity index (χ0v) is 8.28. The number of aryl methyl sites for hydroxylation is 1. The molecule has 2 aromatic heterocycles. The fourth-order valence-electron chi connectivity index (χ4n) is 1.26. The van der Waals surface area contributed by atoms with Crippen molar-refractivity contribution in [2.75, 3.05) is 0 Å². The van der Waals surface area contributed by atoms with E-state index in [0.717, 1.165) is 5.56 Å². The SMILES string of the molecule is Cc1oncc1C(=O)NCc1cc[nH]c1. The second kappa shape index (κ2) is 4.00. The van der Waals surface area contributed by atoms with Crippen molar-refractivity contribution in [1.29, 1.82) is 0 Å². The van der Waals surface area contributed by atoms with E-state index in [4.69, 9.17) is 4.52 Å². The van der Waals surface area contributed by atoms with E-state index in [0.29, 0.717) is 17.9 Å². The summed E-state index contributed by atoms with van der Waals surface area (Å²) in [4.78, 5) is 14.5. The molecule has 1 amide bonds. The largest absolute Gasteiger partial charge is 0.367 e. The molecule has 2 aromatic rings. The Morgan fingerprint density at radius 2 is 2.53 bits per heavy atom. The summed E-state index contributed by atoms with van der Waals surface area (Å²) in [5.74, 6) is 0.358. The Balaban J connectivity index is 1.96. The first-order chi connectivity index (χ1) is 7.27. The Bertz CT molecular complexity index is 445. The molecule has 5 nitrogen and oxygen atoms in total. The number of nitrogens with one attached hydrogen (secondary N) is 2. The highest BCUT2D eigenvalue weighted by molar-refractivity contribution is 5.94. The van der Waals surface area contributed by atoms with Crippen LogP contribution in [0.15, 0.2) is 29.2 Å². The Kier molecular flexibility index (Phi) is 2.53. The molecule has 2 rings (SSSR count). The minimum Gasteiger partial charge on any atom is -0.367 e. The second-order valence-corrected chi connectivity index (χ2v) is 3.20. The number of carbonyl (C=O) groups excluding carboxylic acids is 1. The summed E-state index contributed by atoms with van der Waals surface area (Å²) in [6.45, 7) is 2.20. The van der Waals surface area contributed by atoms with Crippen LogP contribution in [0.1, 0.15) is 21.7 Å². The van der Waals surface area contributed by atoms with Gasteiger partial charge in [0, 0.05) is 18.9 Å². The first-order valence-corrected chi connectivity index (χ1v) is 4.58. The molecule has 78 valence electrons. The fraction of sp³-hybridized carbons (Fsp3) is 0.200. The van der Waals surface area contributed by atoms with Crippen LogP contribution in [0.25, 0.3) is 0 Å². The summed E-state index contributed by atoms with van der Waals surface area (Å²) in [5, 5.41) is 6.32. The number of nitrogens with zero attached hydrogens (tertiary/aromatic N) is 1. The van der Waals surface area contributed by atoms with E-state index in [1.165, 1.54) is 6.20 Å². The van der Waals surface area contributed by atoms with Crippen LogP contribution in [0.4, 0.5) is 0 Å². The normalized spacial score (nSPS) is 10.2. The summed E-state index contributed by atoms with van der Waals surface area (Å²) in [7, 11) is 0. The number of carbonyl (C=O) groups is 1. The van der Waals surface area contributed by atoms with Crippen LogP contribution in [-0.2, 0) is 6.54 Å². The third-order valence-electron chi connectivity index (χ3n) is 2.11. The van der Waals surface area contributed by atoms with Gasteiger partial charge in [-0.2, -0.15) is 0 Å². The zero-order valence-electron chi connectivity index (χ0n) is 8.28. The van der Waals surface area contributed by atoms with Gasteiger partial charge in [0.15, 0.2) is 0 Å². The number of amides is 1. The third-order valence-corrected chi connectivity index (χ3v) is 2.11. The summed E-state index contributed by atoms with van der Waals surface area (Å²) < 4.78 is 4.81. The topological polar surface area (TPSA) is 70.9 Å². The van der Waals surface area contributed by atoms with Gasteiger partial charge in [0.2, 0.25) is 0 Å². The molecule has 0 aromatic carbocycles. The predicted octanol–water partition coefficient (Wildman–Crippen LogP) is 1.24. The Hall–Kier alpha value is -2.04. The quantitative estimate of drug-likeness (QED) is 0.791. The van der Waals surface area contributed by atoms with Gasteiger partial charge in [0.05, 0.1) is 6.20 Å². The number of hydrogen-bond donors (Lipinski definition) is 2. The van der Waals surface area contributed by atoms with Gasteiger partial charge in [-0.3, -0.25) is 4.79 Å². The number of aromatic amines is 1. The van der Waals surface area contributed by atoms with Crippen molar-refractivity contribution in [2.24, 2.45) is 0 Å². The van der Waals surface area contributed by atoms with Crippen molar-refractivity contribution >= 4 is 5.91 Å². The minimum atomic E-state index is -0.171. The lowest BCUT2D eigenvalue weighted by Gasteiger charge is -2.01. The lowest BCUT2D eigenvalue weighted by Crippen LogP contribution is -2.22. The van der Waals surface area contributed by atoms with Crippen molar-refractivity contribution in [1.82, 2.24) is 15.5 Å². The van der Waals surface area contributed by atoms with Crippen molar-refractivity contribution in [3.8, 4) is 0 Å². The maximum absolute atomic E-state index is 11.6. The van der Waals surface area contributed by atoms with Crippen molar-refractivity contribution in [3.63, 3.8) is 0 Å². The standard InChI is InChI=1S/C10H11N3O2/c1-7-9(6-13-15-7)10(14)12-5-8-2-3-11-4-8/h2-4,6,11H,5H2,1H3,(H,12,14). The smallest absolute Gasteiger partial charge is 0.256 e. The van der Waals surface area contributed by atoms with E-state index < -0.39 is 0 Å².